The number of aliphatic hydroxyl groups is 2. The van der Waals surface area contributed by atoms with Crippen LogP contribution in [-0.4, -0.2) is 28.4 Å². The Hall–Kier alpha value is 1.03. The first-order valence-electron chi connectivity index (χ1n) is 3.01. The fourth-order valence-corrected chi connectivity index (χ4v) is 0.640. The molecule has 1 atom stereocenters. The second kappa shape index (κ2) is 6.53. The Bertz CT molecular complexity index is 124. The summed E-state index contributed by atoms with van der Waals surface area (Å²) < 4.78 is 0. The van der Waals surface area contributed by atoms with Crippen LogP contribution >= 0.6 is 0 Å². The molecule has 0 aliphatic carbocycles. The van der Waals surface area contributed by atoms with Gasteiger partial charge in [0, 0.05) is 19.0 Å². The van der Waals surface area contributed by atoms with Crippen molar-refractivity contribution in [2.45, 2.75) is 25.4 Å². The Kier molecular flexibility index (Phi) is 8.64. The first-order chi connectivity index (χ1) is 4.48. The van der Waals surface area contributed by atoms with Crippen molar-refractivity contribution >= 4 is 5.97 Å². The molecular formula is C6H11KO4. The molecule has 0 aliphatic rings. The normalized spacial score (nSPS) is 14.8. The van der Waals surface area contributed by atoms with Gasteiger partial charge in [-0.3, -0.25) is 0 Å². The summed E-state index contributed by atoms with van der Waals surface area (Å²) in [7, 11) is 0. The van der Waals surface area contributed by atoms with Crippen LogP contribution in [0.25, 0.3) is 0 Å². The maximum absolute atomic E-state index is 9.94. The SMILES string of the molecule is CC(O)(CCO)CC(=O)[O-].[K+]. The molecule has 0 radical (unpaired) electrons. The van der Waals surface area contributed by atoms with Gasteiger partial charge in [0.2, 0.25) is 0 Å². The van der Waals surface area contributed by atoms with Crippen molar-refractivity contribution in [3.05, 3.63) is 0 Å². The van der Waals surface area contributed by atoms with Crippen LogP contribution in [0.4, 0.5) is 0 Å². The Morgan fingerprint density at radius 3 is 2.36 bits per heavy atom. The Balaban J connectivity index is 0. The van der Waals surface area contributed by atoms with Crippen molar-refractivity contribution in [2.75, 3.05) is 6.61 Å². The van der Waals surface area contributed by atoms with Crippen LogP contribution in [0.5, 0.6) is 0 Å². The maximum Gasteiger partial charge on any atom is 1.00 e. The molecule has 0 bridgehead atoms. The third kappa shape index (κ3) is 8.94. The molecule has 11 heavy (non-hydrogen) atoms. The van der Waals surface area contributed by atoms with Gasteiger partial charge in [-0.2, -0.15) is 0 Å². The molecule has 0 aromatic carbocycles. The van der Waals surface area contributed by atoms with E-state index >= 15 is 0 Å². The molecule has 0 aliphatic heterocycles. The molecular weight excluding hydrogens is 175 g/mol. The quantitative estimate of drug-likeness (QED) is 0.432. The maximum atomic E-state index is 9.94. The molecule has 0 saturated carbocycles. The number of carboxylic acid groups (broad SMARTS) is 1. The zero-order chi connectivity index (χ0) is 8.20. The Labute approximate surface area is 108 Å². The van der Waals surface area contributed by atoms with Gasteiger partial charge in [0.25, 0.3) is 0 Å². The molecule has 0 aromatic heterocycles. The predicted molar refractivity (Wildman–Crippen MR) is 32.0 cm³/mol. The summed E-state index contributed by atoms with van der Waals surface area (Å²) in [5, 5.41) is 27.4. The van der Waals surface area contributed by atoms with E-state index in [1.54, 1.807) is 0 Å². The molecule has 5 heteroatoms. The number of aliphatic carboxylic acids is 1. The first kappa shape index (κ1) is 14.5. The molecule has 0 rings (SSSR count). The summed E-state index contributed by atoms with van der Waals surface area (Å²) in [6.07, 6.45) is -0.380. The molecule has 0 aromatic rings. The zero-order valence-corrected chi connectivity index (χ0v) is 9.96. The van der Waals surface area contributed by atoms with Crippen LogP contribution in [0.15, 0.2) is 0 Å². The van der Waals surface area contributed by atoms with E-state index in [2.05, 4.69) is 0 Å². The number of rotatable bonds is 4. The average molecular weight is 186 g/mol. The van der Waals surface area contributed by atoms with Crippen LogP contribution < -0.4 is 56.5 Å². The van der Waals surface area contributed by atoms with E-state index in [-0.39, 0.29) is 64.4 Å². The molecule has 1 unspecified atom stereocenters. The monoisotopic (exact) mass is 186 g/mol. The summed E-state index contributed by atoms with van der Waals surface area (Å²) in [6.45, 7) is 1.12. The second-order valence-corrected chi connectivity index (χ2v) is 2.52. The minimum Gasteiger partial charge on any atom is -0.550 e. The zero-order valence-electron chi connectivity index (χ0n) is 6.83. The molecule has 60 valence electrons. The summed E-state index contributed by atoms with van der Waals surface area (Å²) >= 11 is 0. The fourth-order valence-electron chi connectivity index (χ4n) is 0.640. The third-order valence-electron chi connectivity index (χ3n) is 1.18. The standard InChI is InChI=1S/C6H12O4.K/c1-6(10,2-3-7)4-5(8)9;/h7,10H,2-4H2,1H3,(H,8,9);/q;+1/p-1. The van der Waals surface area contributed by atoms with Crippen LogP contribution in [0, 0.1) is 0 Å². The first-order valence-corrected chi connectivity index (χ1v) is 3.01. The summed E-state index contributed by atoms with van der Waals surface area (Å²) in [4.78, 5) is 9.94. The molecule has 0 fully saturated rings. The van der Waals surface area contributed by atoms with E-state index in [4.69, 9.17) is 10.2 Å². The van der Waals surface area contributed by atoms with E-state index in [1.807, 2.05) is 0 Å². The van der Waals surface area contributed by atoms with Crippen LogP contribution in [0.3, 0.4) is 0 Å². The van der Waals surface area contributed by atoms with Gasteiger partial charge < -0.3 is 20.1 Å². The molecule has 0 saturated heterocycles. The number of carbonyl (C=O) groups is 1. The van der Waals surface area contributed by atoms with Gasteiger partial charge in [-0.05, 0) is 13.3 Å². The average Bonchev–Trinajstić information content (AvgIpc) is 1.59. The number of hydrogen-bond donors (Lipinski definition) is 2. The van der Waals surface area contributed by atoms with Crippen molar-refractivity contribution in [3.63, 3.8) is 0 Å². The number of carboxylic acids is 1. The van der Waals surface area contributed by atoms with Crippen molar-refractivity contribution in [1.29, 1.82) is 0 Å². The van der Waals surface area contributed by atoms with E-state index in [9.17, 15) is 9.90 Å². The third-order valence-corrected chi connectivity index (χ3v) is 1.18. The minimum absolute atomic E-state index is 0. The Morgan fingerprint density at radius 1 is 1.64 bits per heavy atom. The molecule has 2 N–H and O–H groups in total. The summed E-state index contributed by atoms with van der Waals surface area (Å²) in [5.41, 5.74) is -1.34. The van der Waals surface area contributed by atoms with Crippen molar-refractivity contribution < 1.29 is 71.5 Å². The molecule has 0 heterocycles. The smallest absolute Gasteiger partial charge is 0.550 e. The summed E-state index contributed by atoms with van der Waals surface area (Å²) in [5.74, 6) is -1.31. The second-order valence-electron chi connectivity index (χ2n) is 2.52. The predicted octanol–water partition coefficient (Wildman–Crippen LogP) is -4.74. The van der Waals surface area contributed by atoms with Gasteiger partial charge in [-0.25, -0.2) is 0 Å². The van der Waals surface area contributed by atoms with Gasteiger partial charge in [-0.1, -0.05) is 0 Å². The van der Waals surface area contributed by atoms with Gasteiger partial charge in [0.1, 0.15) is 0 Å². The number of hydrogen-bond acceptors (Lipinski definition) is 4. The summed E-state index contributed by atoms with van der Waals surface area (Å²) in [6, 6.07) is 0. The minimum atomic E-state index is -1.34. The van der Waals surface area contributed by atoms with Gasteiger partial charge in [0.05, 0.1) is 5.60 Å². The van der Waals surface area contributed by atoms with E-state index < -0.39 is 18.0 Å². The molecule has 0 spiro atoms. The fraction of sp³-hybridized carbons (Fsp3) is 0.833. The molecule has 4 nitrogen and oxygen atoms in total. The van der Waals surface area contributed by atoms with Crippen molar-refractivity contribution in [2.24, 2.45) is 0 Å². The van der Waals surface area contributed by atoms with E-state index in [0.717, 1.165) is 0 Å². The largest absolute Gasteiger partial charge is 1.00 e. The van der Waals surface area contributed by atoms with Crippen LogP contribution in [0.1, 0.15) is 19.8 Å². The number of aliphatic hydroxyl groups excluding tert-OH is 1. The Morgan fingerprint density at radius 2 is 2.09 bits per heavy atom. The van der Waals surface area contributed by atoms with Crippen molar-refractivity contribution in [3.8, 4) is 0 Å². The van der Waals surface area contributed by atoms with E-state index in [0.29, 0.717) is 0 Å². The topological polar surface area (TPSA) is 80.6 Å². The van der Waals surface area contributed by atoms with Crippen LogP contribution in [-0.2, 0) is 4.79 Å². The van der Waals surface area contributed by atoms with Gasteiger partial charge in [0.15, 0.2) is 0 Å². The van der Waals surface area contributed by atoms with E-state index in [1.165, 1.54) is 6.92 Å². The molecule has 0 amide bonds. The van der Waals surface area contributed by atoms with Crippen LogP contribution in [0.2, 0.25) is 0 Å². The number of carbonyl (C=O) groups excluding carboxylic acids is 1. The van der Waals surface area contributed by atoms with Gasteiger partial charge in [-0.15, -0.1) is 0 Å². The van der Waals surface area contributed by atoms with Gasteiger partial charge >= 0.3 is 51.4 Å². The van der Waals surface area contributed by atoms with Crippen molar-refractivity contribution in [1.82, 2.24) is 0 Å².